The van der Waals surface area contributed by atoms with Crippen LogP contribution in [-0.4, -0.2) is 43.0 Å². The molecular formula is C23H26FN3O4. The molecule has 3 amide bonds. The van der Waals surface area contributed by atoms with Crippen molar-refractivity contribution in [2.45, 2.75) is 25.8 Å². The van der Waals surface area contributed by atoms with Crippen molar-refractivity contribution in [1.82, 2.24) is 10.2 Å². The first-order chi connectivity index (χ1) is 14.9. The number of hydrogen-bond acceptors (Lipinski definition) is 4. The normalized spacial score (nSPS) is 14.1. The van der Waals surface area contributed by atoms with Crippen LogP contribution in [0.3, 0.4) is 0 Å². The number of carbonyl (C=O) groups is 3. The molecular weight excluding hydrogens is 401 g/mol. The van der Waals surface area contributed by atoms with E-state index in [1.54, 1.807) is 41.3 Å². The average Bonchev–Trinajstić information content (AvgIpc) is 2.78. The summed E-state index contributed by atoms with van der Waals surface area (Å²) >= 11 is 0. The van der Waals surface area contributed by atoms with Gasteiger partial charge in [-0.3, -0.25) is 4.79 Å². The second-order valence-corrected chi connectivity index (χ2v) is 7.54. The second-order valence-electron chi connectivity index (χ2n) is 7.54. The number of halogens is 1. The molecule has 1 aliphatic heterocycles. The standard InChI is InChI=1S/C23H26FN3O4/c1-31-22(29)18-3-2-4-20(14-18)26-23(30)27-11-9-16(10-12-27)13-21(28)25-15-17-5-7-19(24)8-6-17/h2-8,14,16H,9-13,15H2,1H3,(H,25,28)(H,26,30). The van der Waals surface area contributed by atoms with Crippen LogP contribution in [0.2, 0.25) is 0 Å². The highest BCUT2D eigenvalue weighted by atomic mass is 19.1. The molecule has 0 radical (unpaired) electrons. The minimum absolute atomic E-state index is 0.0492. The van der Waals surface area contributed by atoms with E-state index in [1.807, 2.05) is 0 Å². The van der Waals surface area contributed by atoms with Crippen LogP contribution in [0.15, 0.2) is 48.5 Å². The molecule has 8 heteroatoms. The summed E-state index contributed by atoms with van der Waals surface area (Å²) in [5.74, 6) is -0.608. The van der Waals surface area contributed by atoms with Gasteiger partial charge in [0.2, 0.25) is 5.91 Å². The Bertz CT molecular complexity index is 925. The van der Waals surface area contributed by atoms with Crippen molar-refractivity contribution < 1.29 is 23.5 Å². The first kappa shape index (κ1) is 22.3. The SMILES string of the molecule is COC(=O)c1cccc(NC(=O)N2CCC(CC(=O)NCc3ccc(F)cc3)CC2)c1. The highest BCUT2D eigenvalue weighted by Crippen LogP contribution is 2.21. The maximum atomic E-state index is 12.9. The van der Waals surface area contributed by atoms with Gasteiger partial charge in [-0.15, -0.1) is 0 Å². The predicted octanol–water partition coefficient (Wildman–Crippen LogP) is 3.56. The van der Waals surface area contributed by atoms with Gasteiger partial charge in [-0.2, -0.15) is 0 Å². The third kappa shape index (κ3) is 6.53. The van der Waals surface area contributed by atoms with Gasteiger partial charge in [0, 0.05) is 31.7 Å². The molecule has 2 aromatic rings. The summed E-state index contributed by atoms with van der Waals surface area (Å²) in [5, 5.41) is 5.66. The van der Waals surface area contributed by atoms with E-state index in [9.17, 15) is 18.8 Å². The number of rotatable bonds is 6. The molecule has 1 fully saturated rings. The highest BCUT2D eigenvalue weighted by Gasteiger charge is 2.24. The third-order valence-corrected chi connectivity index (χ3v) is 5.31. The third-order valence-electron chi connectivity index (χ3n) is 5.31. The fourth-order valence-corrected chi connectivity index (χ4v) is 3.52. The number of nitrogens with one attached hydrogen (secondary N) is 2. The Morgan fingerprint density at radius 3 is 2.48 bits per heavy atom. The number of likely N-dealkylation sites (tertiary alicyclic amines) is 1. The van der Waals surface area contributed by atoms with Crippen molar-refractivity contribution >= 4 is 23.6 Å². The van der Waals surface area contributed by atoms with Crippen molar-refractivity contribution in [1.29, 1.82) is 0 Å². The van der Waals surface area contributed by atoms with Crippen LogP contribution < -0.4 is 10.6 Å². The largest absolute Gasteiger partial charge is 0.465 e. The molecule has 0 aromatic heterocycles. The van der Waals surface area contributed by atoms with E-state index in [4.69, 9.17) is 4.74 Å². The topological polar surface area (TPSA) is 87.7 Å². The second kappa shape index (κ2) is 10.6. The number of carbonyl (C=O) groups excluding carboxylic acids is 3. The van der Waals surface area contributed by atoms with Gasteiger partial charge < -0.3 is 20.3 Å². The summed E-state index contributed by atoms with van der Waals surface area (Å²) in [7, 11) is 1.31. The molecule has 7 nitrogen and oxygen atoms in total. The van der Waals surface area contributed by atoms with Gasteiger partial charge in [-0.05, 0) is 54.7 Å². The van der Waals surface area contributed by atoms with Gasteiger partial charge in [-0.1, -0.05) is 18.2 Å². The van der Waals surface area contributed by atoms with E-state index in [0.717, 1.165) is 18.4 Å². The van der Waals surface area contributed by atoms with Crippen molar-refractivity contribution in [3.63, 3.8) is 0 Å². The molecule has 2 aromatic carbocycles. The average molecular weight is 427 g/mol. The number of ether oxygens (including phenoxy) is 1. The molecule has 0 saturated carbocycles. The fraction of sp³-hybridized carbons (Fsp3) is 0.348. The summed E-state index contributed by atoms with van der Waals surface area (Å²) in [6.07, 6.45) is 1.87. The van der Waals surface area contributed by atoms with Gasteiger partial charge in [0.1, 0.15) is 5.82 Å². The Morgan fingerprint density at radius 2 is 1.81 bits per heavy atom. The number of nitrogens with zero attached hydrogens (tertiary/aromatic N) is 1. The zero-order valence-electron chi connectivity index (χ0n) is 17.4. The summed E-state index contributed by atoms with van der Waals surface area (Å²) in [4.78, 5) is 38.1. The molecule has 1 aliphatic rings. The van der Waals surface area contributed by atoms with Gasteiger partial charge in [-0.25, -0.2) is 14.0 Å². The summed E-state index contributed by atoms with van der Waals surface area (Å²) in [5.41, 5.74) is 1.73. The van der Waals surface area contributed by atoms with Gasteiger partial charge in [0.25, 0.3) is 0 Å². The van der Waals surface area contributed by atoms with E-state index in [-0.39, 0.29) is 23.7 Å². The summed E-state index contributed by atoms with van der Waals surface area (Å²) in [6, 6.07) is 12.4. The molecule has 164 valence electrons. The number of anilines is 1. The van der Waals surface area contributed by atoms with Crippen molar-refractivity contribution in [2.24, 2.45) is 5.92 Å². The van der Waals surface area contributed by atoms with Gasteiger partial charge in [0.05, 0.1) is 12.7 Å². The Labute approximate surface area is 180 Å². The minimum Gasteiger partial charge on any atom is -0.465 e. The Kier molecular flexibility index (Phi) is 7.59. The molecule has 1 saturated heterocycles. The lowest BCUT2D eigenvalue weighted by atomic mass is 9.93. The minimum atomic E-state index is -0.463. The number of hydrogen-bond donors (Lipinski definition) is 2. The molecule has 0 aliphatic carbocycles. The quantitative estimate of drug-likeness (QED) is 0.690. The highest BCUT2D eigenvalue weighted by molar-refractivity contribution is 5.93. The summed E-state index contributed by atoms with van der Waals surface area (Å²) < 4.78 is 17.6. The Hall–Kier alpha value is -3.42. The molecule has 1 heterocycles. The van der Waals surface area contributed by atoms with Crippen LogP contribution in [0.4, 0.5) is 14.9 Å². The number of urea groups is 1. The Balaban J connectivity index is 1.41. The van der Waals surface area contributed by atoms with Crippen molar-refractivity contribution in [3.8, 4) is 0 Å². The molecule has 0 atom stereocenters. The number of benzene rings is 2. The molecule has 0 unspecified atom stereocenters. The predicted molar refractivity (Wildman–Crippen MR) is 114 cm³/mol. The number of methoxy groups -OCH3 is 1. The van der Waals surface area contributed by atoms with Crippen LogP contribution in [0, 0.1) is 11.7 Å². The van der Waals surface area contributed by atoms with Crippen LogP contribution in [0.1, 0.15) is 35.2 Å². The van der Waals surface area contributed by atoms with E-state index < -0.39 is 5.97 Å². The molecule has 0 bridgehead atoms. The number of amides is 3. The first-order valence-corrected chi connectivity index (χ1v) is 10.2. The lowest BCUT2D eigenvalue weighted by molar-refractivity contribution is -0.122. The van der Waals surface area contributed by atoms with Crippen molar-refractivity contribution in [3.05, 3.63) is 65.5 Å². The number of piperidine rings is 1. The molecule has 0 spiro atoms. The van der Waals surface area contributed by atoms with Gasteiger partial charge >= 0.3 is 12.0 Å². The van der Waals surface area contributed by atoms with Crippen LogP contribution in [0.25, 0.3) is 0 Å². The number of esters is 1. The molecule has 31 heavy (non-hydrogen) atoms. The monoisotopic (exact) mass is 427 g/mol. The molecule has 3 rings (SSSR count). The summed E-state index contributed by atoms with van der Waals surface area (Å²) in [6.45, 7) is 1.47. The zero-order chi connectivity index (χ0) is 22.2. The van der Waals surface area contributed by atoms with E-state index >= 15 is 0 Å². The van der Waals surface area contributed by atoms with Crippen LogP contribution in [0.5, 0.6) is 0 Å². The van der Waals surface area contributed by atoms with E-state index in [2.05, 4.69) is 10.6 Å². The fourth-order valence-electron chi connectivity index (χ4n) is 3.52. The maximum absolute atomic E-state index is 12.9. The zero-order valence-corrected chi connectivity index (χ0v) is 17.4. The molecule has 2 N–H and O–H groups in total. The van der Waals surface area contributed by atoms with Crippen LogP contribution in [-0.2, 0) is 16.1 Å². The Morgan fingerprint density at radius 1 is 1.10 bits per heavy atom. The van der Waals surface area contributed by atoms with Crippen molar-refractivity contribution in [2.75, 3.05) is 25.5 Å². The van der Waals surface area contributed by atoms with Crippen LogP contribution >= 0.6 is 0 Å². The van der Waals surface area contributed by atoms with Gasteiger partial charge in [0.15, 0.2) is 0 Å². The lowest BCUT2D eigenvalue weighted by Gasteiger charge is -2.31. The van der Waals surface area contributed by atoms with E-state index in [0.29, 0.717) is 37.3 Å². The first-order valence-electron chi connectivity index (χ1n) is 10.2. The van der Waals surface area contributed by atoms with E-state index in [1.165, 1.54) is 19.2 Å². The smallest absolute Gasteiger partial charge is 0.337 e. The maximum Gasteiger partial charge on any atom is 0.337 e. The lowest BCUT2D eigenvalue weighted by Crippen LogP contribution is -2.41.